The van der Waals surface area contributed by atoms with E-state index >= 15 is 0 Å². The molecule has 1 aliphatic heterocycles. The molecule has 0 bridgehead atoms. The van der Waals surface area contributed by atoms with Gasteiger partial charge in [-0.15, -0.1) is 5.10 Å². The van der Waals surface area contributed by atoms with Crippen molar-refractivity contribution in [1.29, 1.82) is 0 Å². The maximum atomic E-state index is 4.42. The third-order valence-corrected chi connectivity index (χ3v) is 4.39. The first kappa shape index (κ1) is 16.5. The zero-order valence-corrected chi connectivity index (χ0v) is 14.5. The van der Waals surface area contributed by atoms with E-state index in [9.17, 15) is 0 Å². The molecule has 0 unspecified atom stereocenters. The monoisotopic (exact) mass is 326 g/mol. The van der Waals surface area contributed by atoms with Gasteiger partial charge >= 0.3 is 0 Å². The molecule has 0 atom stereocenters. The highest BCUT2D eigenvalue weighted by Crippen LogP contribution is 2.24. The van der Waals surface area contributed by atoms with E-state index in [1.54, 1.807) is 6.20 Å². The van der Waals surface area contributed by atoms with Crippen LogP contribution in [0.4, 0.5) is 23.1 Å². The average molecular weight is 326 g/mol. The summed E-state index contributed by atoms with van der Waals surface area (Å²) in [6, 6.07) is 8.46. The van der Waals surface area contributed by atoms with Crippen molar-refractivity contribution >= 4 is 23.1 Å². The van der Waals surface area contributed by atoms with Crippen LogP contribution in [0.25, 0.3) is 0 Å². The van der Waals surface area contributed by atoms with Gasteiger partial charge < -0.3 is 15.5 Å². The number of piperidine rings is 1. The van der Waals surface area contributed by atoms with Crippen LogP contribution in [0.3, 0.4) is 0 Å². The lowest BCUT2D eigenvalue weighted by Crippen LogP contribution is -2.32. The molecule has 3 rings (SSSR count). The fraction of sp³-hybridized carbons (Fsp3) is 0.500. The van der Waals surface area contributed by atoms with Gasteiger partial charge in [0.2, 0.25) is 5.95 Å². The molecule has 6 heteroatoms. The van der Waals surface area contributed by atoms with Crippen LogP contribution in [-0.2, 0) is 0 Å². The molecule has 0 radical (unpaired) electrons. The van der Waals surface area contributed by atoms with Gasteiger partial charge in [0.15, 0.2) is 5.82 Å². The summed E-state index contributed by atoms with van der Waals surface area (Å²) in [4.78, 5) is 6.88. The Labute approximate surface area is 143 Å². The summed E-state index contributed by atoms with van der Waals surface area (Å²) in [6.45, 7) is 7.62. The molecule has 0 spiro atoms. The molecule has 0 saturated carbocycles. The maximum absolute atomic E-state index is 4.42. The molecule has 1 saturated heterocycles. The highest BCUT2D eigenvalue weighted by Gasteiger charge is 2.15. The normalized spacial score (nSPS) is 15.3. The topological polar surface area (TPSA) is 66.0 Å². The van der Waals surface area contributed by atoms with Crippen molar-refractivity contribution in [3.8, 4) is 0 Å². The van der Waals surface area contributed by atoms with Gasteiger partial charge in [-0.1, -0.05) is 13.8 Å². The van der Waals surface area contributed by atoms with Crippen LogP contribution < -0.4 is 15.5 Å². The number of anilines is 4. The molecule has 0 aliphatic carbocycles. The van der Waals surface area contributed by atoms with Crippen LogP contribution >= 0.6 is 0 Å². The predicted octanol–water partition coefficient (Wildman–Crippen LogP) is 3.67. The number of nitrogens with zero attached hydrogens (tertiary/aromatic N) is 4. The van der Waals surface area contributed by atoms with Crippen LogP contribution in [0.15, 0.2) is 30.5 Å². The van der Waals surface area contributed by atoms with Crippen LogP contribution in [0.5, 0.6) is 0 Å². The van der Waals surface area contributed by atoms with Crippen molar-refractivity contribution in [3.05, 3.63) is 30.5 Å². The fourth-order valence-electron chi connectivity index (χ4n) is 2.85. The van der Waals surface area contributed by atoms with Crippen molar-refractivity contribution in [2.75, 3.05) is 35.2 Å². The quantitative estimate of drug-likeness (QED) is 0.844. The highest BCUT2D eigenvalue weighted by atomic mass is 15.3. The van der Waals surface area contributed by atoms with Crippen LogP contribution in [0.1, 0.15) is 33.1 Å². The van der Waals surface area contributed by atoms with Gasteiger partial charge in [0.05, 0.1) is 6.20 Å². The van der Waals surface area contributed by atoms with E-state index in [-0.39, 0.29) is 0 Å². The van der Waals surface area contributed by atoms with Gasteiger partial charge in [-0.2, -0.15) is 10.1 Å². The summed E-state index contributed by atoms with van der Waals surface area (Å²) in [5.74, 6) is 2.10. The first-order chi connectivity index (χ1) is 11.7. The summed E-state index contributed by atoms with van der Waals surface area (Å²) in [5.41, 5.74) is 2.25. The van der Waals surface area contributed by atoms with E-state index in [2.05, 4.69) is 68.8 Å². The summed E-state index contributed by atoms with van der Waals surface area (Å²) < 4.78 is 0. The van der Waals surface area contributed by atoms with Crippen molar-refractivity contribution in [2.45, 2.75) is 33.1 Å². The molecule has 128 valence electrons. The zero-order valence-electron chi connectivity index (χ0n) is 14.5. The smallest absolute Gasteiger partial charge is 0.249 e. The second kappa shape index (κ2) is 7.95. The Bertz CT molecular complexity index is 634. The molecule has 2 heterocycles. The van der Waals surface area contributed by atoms with Crippen LogP contribution in [0.2, 0.25) is 0 Å². The first-order valence-corrected chi connectivity index (χ1v) is 8.80. The van der Waals surface area contributed by atoms with Crippen LogP contribution in [-0.4, -0.2) is 34.8 Å². The highest BCUT2D eigenvalue weighted by molar-refractivity contribution is 5.59. The molecular weight excluding hydrogens is 300 g/mol. The Morgan fingerprint density at radius 2 is 1.92 bits per heavy atom. The Hall–Kier alpha value is -2.37. The fourth-order valence-corrected chi connectivity index (χ4v) is 2.85. The average Bonchev–Trinajstić information content (AvgIpc) is 2.62. The largest absolute Gasteiger partial charge is 0.372 e. The maximum Gasteiger partial charge on any atom is 0.249 e. The molecular formula is C18H26N6. The lowest BCUT2D eigenvalue weighted by Gasteiger charge is -2.32. The standard InChI is InChI=1S/C18H26N6/c1-3-10-19-17-13-20-23-18(22-17)21-15-4-6-16(7-5-15)24-11-8-14(2)9-12-24/h4-7,13-14H,3,8-12H2,1-2H3,(H2,19,21,22,23). The van der Waals surface area contributed by atoms with E-state index in [1.165, 1.54) is 18.5 Å². The first-order valence-electron chi connectivity index (χ1n) is 8.80. The minimum absolute atomic E-state index is 0.510. The second-order valence-electron chi connectivity index (χ2n) is 6.43. The lowest BCUT2D eigenvalue weighted by atomic mass is 9.99. The minimum atomic E-state index is 0.510. The Kier molecular flexibility index (Phi) is 5.46. The summed E-state index contributed by atoms with van der Waals surface area (Å²) in [6.07, 6.45) is 5.24. The second-order valence-corrected chi connectivity index (χ2v) is 6.43. The van der Waals surface area contributed by atoms with Crippen LogP contribution in [0, 0.1) is 5.92 Å². The molecule has 6 nitrogen and oxygen atoms in total. The lowest BCUT2D eigenvalue weighted by molar-refractivity contribution is 0.438. The van der Waals surface area contributed by atoms with Gasteiger partial charge in [-0.05, 0) is 49.4 Å². The molecule has 2 aromatic rings. The zero-order chi connectivity index (χ0) is 16.8. The Morgan fingerprint density at radius 1 is 1.17 bits per heavy atom. The number of rotatable bonds is 6. The minimum Gasteiger partial charge on any atom is -0.372 e. The molecule has 24 heavy (non-hydrogen) atoms. The summed E-state index contributed by atoms with van der Waals surface area (Å²) >= 11 is 0. The molecule has 1 fully saturated rings. The van der Waals surface area contributed by atoms with Crippen molar-refractivity contribution in [1.82, 2.24) is 15.2 Å². The Balaban J connectivity index is 1.62. The van der Waals surface area contributed by atoms with E-state index in [4.69, 9.17) is 0 Å². The molecule has 1 aliphatic rings. The van der Waals surface area contributed by atoms with Gasteiger partial charge in [0.1, 0.15) is 0 Å². The SMILES string of the molecule is CCCNc1cnnc(Nc2ccc(N3CCC(C)CC3)cc2)n1. The summed E-state index contributed by atoms with van der Waals surface area (Å²) in [7, 11) is 0. The Morgan fingerprint density at radius 3 is 2.62 bits per heavy atom. The number of aromatic nitrogens is 3. The number of hydrogen-bond acceptors (Lipinski definition) is 6. The number of hydrogen-bond donors (Lipinski definition) is 2. The van der Waals surface area contributed by atoms with E-state index < -0.39 is 0 Å². The number of nitrogens with one attached hydrogen (secondary N) is 2. The third kappa shape index (κ3) is 4.34. The number of benzene rings is 1. The molecule has 1 aromatic heterocycles. The predicted molar refractivity (Wildman–Crippen MR) is 98.9 cm³/mol. The van der Waals surface area contributed by atoms with Crippen molar-refractivity contribution in [2.24, 2.45) is 5.92 Å². The molecule has 2 N–H and O–H groups in total. The molecule has 1 aromatic carbocycles. The van der Waals surface area contributed by atoms with Crippen molar-refractivity contribution < 1.29 is 0 Å². The van der Waals surface area contributed by atoms with E-state index in [1.807, 2.05) is 0 Å². The van der Waals surface area contributed by atoms with Gasteiger partial charge in [0, 0.05) is 31.0 Å². The summed E-state index contributed by atoms with van der Waals surface area (Å²) in [5, 5.41) is 14.5. The van der Waals surface area contributed by atoms with Gasteiger partial charge in [0.25, 0.3) is 0 Å². The van der Waals surface area contributed by atoms with E-state index in [0.29, 0.717) is 5.95 Å². The third-order valence-electron chi connectivity index (χ3n) is 4.39. The molecule has 0 amide bonds. The van der Waals surface area contributed by atoms with Gasteiger partial charge in [-0.25, -0.2) is 0 Å². The van der Waals surface area contributed by atoms with Crippen molar-refractivity contribution in [3.63, 3.8) is 0 Å². The van der Waals surface area contributed by atoms with E-state index in [0.717, 1.165) is 43.5 Å². The van der Waals surface area contributed by atoms with Gasteiger partial charge in [-0.3, -0.25) is 0 Å².